The second-order valence-corrected chi connectivity index (χ2v) is 12.1. The maximum atomic E-state index is 15.5. The molecule has 2 aliphatic rings. The molecule has 0 spiro atoms. The van der Waals surface area contributed by atoms with Crippen LogP contribution in [0.4, 0.5) is 4.39 Å². The number of carbonyl (C=O) groups excluding carboxylic acids is 1. The Morgan fingerprint density at radius 2 is 1.83 bits per heavy atom. The summed E-state index contributed by atoms with van der Waals surface area (Å²) in [5.74, 6) is -0.501. The van der Waals surface area contributed by atoms with Crippen LogP contribution in [0.2, 0.25) is 0 Å². The molecular formula is C27H36FN3O4S. The zero-order valence-electron chi connectivity index (χ0n) is 21.2. The predicted molar refractivity (Wildman–Crippen MR) is 137 cm³/mol. The van der Waals surface area contributed by atoms with Crippen molar-refractivity contribution in [2.45, 2.75) is 56.0 Å². The Balaban J connectivity index is 1.58. The van der Waals surface area contributed by atoms with E-state index in [1.807, 2.05) is 43.3 Å². The van der Waals surface area contributed by atoms with Gasteiger partial charge in [-0.15, -0.1) is 0 Å². The molecule has 1 N–H and O–H groups in total. The van der Waals surface area contributed by atoms with E-state index in [4.69, 9.17) is 4.74 Å². The predicted octanol–water partition coefficient (Wildman–Crippen LogP) is 3.56. The van der Waals surface area contributed by atoms with Gasteiger partial charge in [-0.3, -0.25) is 10.1 Å². The second-order valence-electron chi connectivity index (χ2n) is 10.1. The highest BCUT2D eigenvalue weighted by molar-refractivity contribution is 7.89. The van der Waals surface area contributed by atoms with Gasteiger partial charge in [0.25, 0.3) is 0 Å². The number of nitrogens with zero attached hydrogens (tertiary/aromatic N) is 2. The molecule has 0 aromatic heterocycles. The number of sulfonamides is 1. The minimum absolute atomic E-state index is 0.0123. The SMILES string of the molecule is C[C@H]1CC[C@H](c2ccccc2)S(=O)(=O)N1Cc1ccc(C2(NCC(=O)N(C)C)CCOCC2)cc1F. The van der Waals surface area contributed by atoms with Gasteiger partial charge in [0.15, 0.2) is 0 Å². The lowest BCUT2D eigenvalue weighted by molar-refractivity contribution is -0.128. The van der Waals surface area contributed by atoms with Gasteiger partial charge in [-0.25, -0.2) is 12.8 Å². The van der Waals surface area contributed by atoms with Gasteiger partial charge in [-0.1, -0.05) is 42.5 Å². The summed E-state index contributed by atoms with van der Waals surface area (Å²) in [6.07, 6.45) is 2.49. The summed E-state index contributed by atoms with van der Waals surface area (Å²) < 4.78 is 49.6. The summed E-state index contributed by atoms with van der Waals surface area (Å²) in [6.45, 7) is 3.03. The largest absolute Gasteiger partial charge is 0.381 e. The lowest BCUT2D eigenvalue weighted by atomic mass is 9.82. The van der Waals surface area contributed by atoms with E-state index in [2.05, 4.69) is 5.32 Å². The van der Waals surface area contributed by atoms with Gasteiger partial charge in [0.2, 0.25) is 15.9 Å². The molecule has 2 aliphatic heterocycles. The van der Waals surface area contributed by atoms with E-state index in [-0.39, 0.29) is 25.0 Å². The van der Waals surface area contributed by atoms with E-state index < -0.39 is 26.6 Å². The third-order valence-electron chi connectivity index (χ3n) is 7.55. The van der Waals surface area contributed by atoms with Crippen molar-refractivity contribution in [3.8, 4) is 0 Å². The van der Waals surface area contributed by atoms with Crippen LogP contribution in [0.15, 0.2) is 48.5 Å². The quantitative estimate of drug-likeness (QED) is 0.608. The summed E-state index contributed by atoms with van der Waals surface area (Å²) in [6, 6.07) is 14.1. The number of benzene rings is 2. The maximum Gasteiger partial charge on any atom is 0.236 e. The van der Waals surface area contributed by atoms with Crippen LogP contribution in [0.1, 0.15) is 54.5 Å². The number of amides is 1. The Morgan fingerprint density at radius 3 is 2.47 bits per heavy atom. The Morgan fingerprint density at radius 1 is 1.14 bits per heavy atom. The molecule has 2 saturated heterocycles. The van der Waals surface area contributed by atoms with Crippen molar-refractivity contribution >= 4 is 15.9 Å². The monoisotopic (exact) mass is 517 g/mol. The van der Waals surface area contributed by atoms with Crippen molar-refractivity contribution in [3.05, 3.63) is 71.0 Å². The topological polar surface area (TPSA) is 79.0 Å². The molecule has 36 heavy (non-hydrogen) atoms. The fourth-order valence-corrected chi connectivity index (χ4v) is 7.37. The van der Waals surface area contributed by atoms with E-state index >= 15 is 4.39 Å². The van der Waals surface area contributed by atoms with Crippen LogP contribution < -0.4 is 5.32 Å². The minimum Gasteiger partial charge on any atom is -0.381 e. The maximum absolute atomic E-state index is 15.5. The van der Waals surface area contributed by atoms with Crippen molar-refractivity contribution in [2.75, 3.05) is 33.9 Å². The van der Waals surface area contributed by atoms with Gasteiger partial charge in [0.05, 0.1) is 6.54 Å². The average molecular weight is 518 g/mol. The Labute approximate surface area is 213 Å². The Hall–Kier alpha value is -2.33. The lowest BCUT2D eigenvalue weighted by Gasteiger charge is -2.39. The highest BCUT2D eigenvalue weighted by atomic mass is 32.2. The molecule has 0 radical (unpaired) electrons. The van der Waals surface area contributed by atoms with E-state index in [9.17, 15) is 13.2 Å². The molecule has 0 bridgehead atoms. The van der Waals surface area contributed by atoms with Crippen molar-refractivity contribution < 1.29 is 22.3 Å². The number of nitrogens with one attached hydrogen (secondary N) is 1. The molecule has 196 valence electrons. The number of ether oxygens (including phenoxy) is 1. The van der Waals surface area contributed by atoms with Crippen molar-refractivity contribution in [3.63, 3.8) is 0 Å². The first-order chi connectivity index (χ1) is 17.1. The first-order valence-electron chi connectivity index (χ1n) is 12.5. The van der Waals surface area contributed by atoms with Crippen LogP contribution in [-0.2, 0) is 31.6 Å². The van der Waals surface area contributed by atoms with Crippen LogP contribution >= 0.6 is 0 Å². The fourth-order valence-electron chi connectivity index (χ4n) is 5.18. The third kappa shape index (κ3) is 5.49. The molecule has 1 amide bonds. The molecule has 7 nitrogen and oxygen atoms in total. The first kappa shape index (κ1) is 26.7. The van der Waals surface area contributed by atoms with E-state index in [0.717, 1.165) is 11.1 Å². The van der Waals surface area contributed by atoms with Crippen LogP contribution in [0.3, 0.4) is 0 Å². The third-order valence-corrected chi connectivity index (χ3v) is 9.92. The Kier molecular flexibility index (Phi) is 8.14. The standard InChI is InChI=1S/C27H36FN3O4S/c1-20-9-12-25(21-7-5-4-6-8-21)36(33,34)31(20)19-22-10-11-23(17-24(22)28)27(13-15-35-16-14-27)29-18-26(32)30(2)3/h4-8,10-11,17,20,25,29H,9,12-16,18-19H2,1-3H3/t20-,25+/m0/s1. The normalized spacial score (nSPS) is 23.8. The molecule has 0 unspecified atom stereocenters. The van der Waals surface area contributed by atoms with Crippen LogP contribution in [0, 0.1) is 5.82 Å². The molecule has 0 aliphatic carbocycles. The number of hydrogen-bond acceptors (Lipinski definition) is 5. The molecule has 2 aromatic rings. The van der Waals surface area contributed by atoms with Gasteiger partial charge < -0.3 is 9.64 Å². The minimum atomic E-state index is -3.65. The number of hydrogen-bond donors (Lipinski definition) is 1. The number of likely N-dealkylation sites (N-methyl/N-ethyl adjacent to an activating group) is 1. The van der Waals surface area contributed by atoms with Crippen molar-refractivity contribution in [1.82, 2.24) is 14.5 Å². The lowest BCUT2D eigenvalue weighted by Crippen LogP contribution is -2.50. The van der Waals surface area contributed by atoms with Gasteiger partial charge in [-0.05, 0) is 49.8 Å². The molecule has 0 saturated carbocycles. The molecule has 2 aromatic carbocycles. The van der Waals surface area contributed by atoms with Gasteiger partial charge >= 0.3 is 0 Å². The molecule has 4 rings (SSSR count). The van der Waals surface area contributed by atoms with Crippen LogP contribution in [-0.4, -0.2) is 63.4 Å². The van der Waals surface area contributed by atoms with Crippen LogP contribution in [0.5, 0.6) is 0 Å². The molecule has 2 atom stereocenters. The smallest absolute Gasteiger partial charge is 0.236 e. The van der Waals surface area contributed by atoms with Crippen molar-refractivity contribution in [2.24, 2.45) is 0 Å². The highest BCUT2D eigenvalue weighted by Crippen LogP contribution is 2.39. The number of halogens is 1. The summed E-state index contributed by atoms with van der Waals surface area (Å²) in [5.41, 5.74) is 1.28. The first-order valence-corrected chi connectivity index (χ1v) is 14.0. The van der Waals surface area contributed by atoms with Crippen LogP contribution in [0.25, 0.3) is 0 Å². The van der Waals surface area contributed by atoms with Gasteiger partial charge in [0, 0.05) is 51.0 Å². The van der Waals surface area contributed by atoms with Gasteiger partial charge in [0.1, 0.15) is 11.1 Å². The molecule has 9 heteroatoms. The summed E-state index contributed by atoms with van der Waals surface area (Å²) in [4.78, 5) is 13.7. The summed E-state index contributed by atoms with van der Waals surface area (Å²) in [5, 5.41) is 2.74. The second kappa shape index (κ2) is 11.0. The summed E-state index contributed by atoms with van der Waals surface area (Å²) >= 11 is 0. The highest BCUT2D eigenvalue weighted by Gasteiger charge is 2.41. The number of carbonyl (C=O) groups is 1. The van der Waals surface area contributed by atoms with E-state index in [1.165, 1.54) is 15.3 Å². The fraction of sp³-hybridized carbons (Fsp3) is 0.519. The van der Waals surface area contributed by atoms with Crippen molar-refractivity contribution in [1.29, 1.82) is 0 Å². The zero-order chi connectivity index (χ0) is 25.9. The molecular weight excluding hydrogens is 481 g/mol. The number of rotatable bonds is 7. The Bertz CT molecular complexity index is 1170. The van der Waals surface area contributed by atoms with E-state index in [1.54, 1.807) is 20.2 Å². The average Bonchev–Trinajstić information content (AvgIpc) is 2.86. The molecule has 2 heterocycles. The molecule has 2 fully saturated rings. The van der Waals surface area contributed by atoms with Gasteiger partial charge in [-0.2, -0.15) is 4.31 Å². The summed E-state index contributed by atoms with van der Waals surface area (Å²) in [7, 11) is -0.252. The van der Waals surface area contributed by atoms with E-state index in [0.29, 0.717) is 44.5 Å². The zero-order valence-corrected chi connectivity index (χ0v) is 22.1.